The van der Waals surface area contributed by atoms with Crippen LogP contribution in [-0.4, -0.2) is 27.5 Å². The number of hydrogen-bond acceptors (Lipinski definition) is 5. The summed E-state index contributed by atoms with van der Waals surface area (Å²) in [5.41, 5.74) is -0.887. The van der Waals surface area contributed by atoms with Crippen molar-refractivity contribution in [3.63, 3.8) is 0 Å². The molecule has 7 heteroatoms. The van der Waals surface area contributed by atoms with Gasteiger partial charge in [0, 0.05) is 12.6 Å². The largest absolute Gasteiger partial charge is 0.477 e. The molecule has 0 unspecified atom stereocenters. The van der Waals surface area contributed by atoms with Crippen LogP contribution in [-0.2, 0) is 0 Å². The number of hydrogen-bond donors (Lipinski definition) is 2. The van der Waals surface area contributed by atoms with Crippen molar-refractivity contribution in [3.05, 3.63) is 27.9 Å². The van der Waals surface area contributed by atoms with Crippen LogP contribution in [0.4, 0.5) is 11.5 Å². The first-order chi connectivity index (χ1) is 8.20. The SMILES string of the molecule is CC(C)(C)CNc1cc(C(=O)O)c([N+](=O)[O-])cn1. The number of nitrogens with zero attached hydrogens (tertiary/aromatic N) is 2. The van der Waals surface area contributed by atoms with E-state index in [9.17, 15) is 14.9 Å². The van der Waals surface area contributed by atoms with E-state index < -0.39 is 16.6 Å². The Balaban J connectivity index is 3.01. The molecule has 7 nitrogen and oxygen atoms in total. The van der Waals surface area contributed by atoms with Gasteiger partial charge in [-0.1, -0.05) is 20.8 Å². The lowest BCUT2D eigenvalue weighted by molar-refractivity contribution is -0.385. The van der Waals surface area contributed by atoms with Crippen LogP contribution in [0.5, 0.6) is 0 Å². The summed E-state index contributed by atoms with van der Waals surface area (Å²) in [6.45, 7) is 6.59. The second-order valence-corrected chi connectivity index (χ2v) is 5.06. The molecule has 0 saturated carbocycles. The molecule has 1 aromatic heterocycles. The molecule has 0 atom stereocenters. The zero-order valence-electron chi connectivity index (χ0n) is 10.4. The van der Waals surface area contributed by atoms with Gasteiger partial charge < -0.3 is 10.4 Å². The number of carboxylic acid groups (broad SMARTS) is 1. The van der Waals surface area contributed by atoms with Gasteiger partial charge in [0.1, 0.15) is 17.6 Å². The molecule has 1 rings (SSSR count). The first kappa shape index (κ1) is 13.9. The van der Waals surface area contributed by atoms with Crippen LogP contribution in [0.25, 0.3) is 0 Å². The minimum Gasteiger partial charge on any atom is -0.477 e. The Hall–Kier alpha value is -2.18. The zero-order chi connectivity index (χ0) is 13.9. The standard InChI is InChI=1S/C11H15N3O4/c1-11(2,3)6-13-9-4-7(10(15)16)8(5-12-9)14(17)18/h4-5H,6H2,1-3H3,(H,12,13)(H,15,16). The molecule has 0 saturated heterocycles. The quantitative estimate of drug-likeness (QED) is 0.629. The molecule has 98 valence electrons. The molecule has 1 aromatic rings. The van der Waals surface area contributed by atoms with E-state index in [-0.39, 0.29) is 11.0 Å². The number of anilines is 1. The Morgan fingerprint density at radius 3 is 2.61 bits per heavy atom. The maximum absolute atomic E-state index is 10.9. The topological polar surface area (TPSA) is 105 Å². The van der Waals surface area contributed by atoms with E-state index in [2.05, 4.69) is 10.3 Å². The Kier molecular flexibility index (Phi) is 3.85. The first-order valence-electron chi connectivity index (χ1n) is 5.32. The highest BCUT2D eigenvalue weighted by Gasteiger charge is 2.21. The van der Waals surface area contributed by atoms with Crippen LogP contribution in [0.2, 0.25) is 0 Å². The van der Waals surface area contributed by atoms with Crippen molar-refractivity contribution < 1.29 is 14.8 Å². The van der Waals surface area contributed by atoms with E-state index in [1.807, 2.05) is 20.8 Å². The third-order valence-corrected chi connectivity index (χ3v) is 2.11. The van der Waals surface area contributed by atoms with Gasteiger partial charge >= 0.3 is 11.7 Å². The van der Waals surface area contributed by atoms with Crippen molar-refractivity contribution >= 4 is 17.5 Å². The Morgan fingerprint density at radius 2 is 2.17 bits per heavy atom. The summed E-state index contributed by atoms with van der Waals surface area (Å²) in [6, 6.07) is 1.17. The molecular weight excluding hydrogens is 238 g/mol. The van der Waals surface area contributed by atoms with E-state index in [1.165, 1.54) is 6.07 Å². The van der Waals surface area contributed by atoms with Gasteiger partial charge in [0.2, 0.25) is 0 Å². The van der Waals surface area contributed by atoms with Gasteiger partial charge in [-0.25, -0.2) is 9.78 Å². The molecular formula is C11H15N3O4. The molecule has 0 aliphatic carbocycles. The van der Waals surface area contributed by atoms with E-state index in [0.29, 0.717) is 12.4 Å². The van der Waals surface area contributed by atoms with Gasteiger partial charge in [-0.05, 0) is 5.41 Å². The van der Waals surface area contributed by atoms with E-state index >= 15 is 0 Å². The number of rotatable bonds is 4. The minimum atomic E-state index is -1.34. The molecule has 0 aliphatic heterocycles. The third-order valence-electron chi connectivity index (χ3n) is 2.11. The van der Waals surface area contributed by atoms with Crippen LogP contribution >= 0.6 is 0 Å². The van der Waals surface area contributed by atoms with Crippen molar-refractivity contribution in [2.45, 2.75) is 20.8 Å². The summed E-state index contributed by atoms with van der Waals surface area (Å²) in [5, 5.41) is 22.5. The number of carbonyl (C=O) groups is 1. The highest BCUT2D eigenvalue weighted by atomic mass is 16.6. The van der Waals surface area contributed by atoms with Crippen LogP contribution in [0.3, 0.4) is 0 Å². The second kappa shape index (κ2) is 4.99. The first-order valence-corrected chi connectivity index (χ1v) is 5.32. The lowest BCUT2D eigenvalue weighted by atomic mass is 9.97. The van der Waals surface area contributed by atoms with E-state index in [4.69, 9.17) is 5.11 Å². The lowest BCUT2D eigenvalue weighted by Crippen LogP contribution is -2.20. The summed E-state index contributed by atoms with van der Waals surface area (Å²) in [7, 11) is 0. The monoisotopic (exact) mass is 253 g/mol. The molecule has 18 heavy (non-hydrogen) atoms. The lowest BCUT2D eigenvalue weighted by Gasteiger charge is -2.19. The van der Waals surface area contributed by atoms with Gasteiger partial charge in [0.05, 0.1) is 4.92 Å². The van der Waals surface area contributed by atoms with Crippen LogP contribution < -0.4 is 5.32 Å². The minimum absolute atomic E-state index is 0.00710. The smallest absolute Gasteiger partial charge is 0.342 e. The van der Waals surface area contributed by atoms with Gasteiger partial charge in [-0.15, -0.1) is 0 Å². The van der Waals surface area contributed by atoms with Crippen LogP contribution in [0.15, 0.2) is 12.3 Å². The average molecular weight is 253 g/mol. The number of aromatic nitrogens is 1. The fourth-order valence-electron chi connectivity index (χ4n) is 1.22. The maximum atomic E-state index is 10.9. The fraction of sp³-hybridized carbons (Fsp3) is 0.455. The van der Waals surface area contributed by atoms with E-state index in [0.717, 1.165) is 6.20 Å². The zero-order valence-corrected chi connectivity index (χ0v) is 10.4. The van der Waals surface area contributed by atoms with Gasteiger partial charge in [0.25, 0.3) is 0 Å². The second-order valence-electron chi connectivity index (χ2n) is 5.06. The van der Waals surface area contributed by atoms with Gasteiger partial charge in [-0.3, -0.25) is 10.1 Å². The summed E-state index contributed by atoms with van der Waals surface area (Å²) in [4.78, 5) is 24.6. The molecule has 0 aliphatic rings. The van der Waals surface area contributed by atoms with Gasteiger partial charge in [0.15, 0.2) is 0 Å². The number of aromatic carboxylic acids is 1. The summed E-state index contributed by atoms with van der Waals surface area (Å²) in [5.74, 6) is -1.03. The molecule has 2 N–H and O–H groups in total. The number of nitro groups is 1. The number of carboxylic acids is 1. The molecule has 0 fully saturated rings. The summed E-state index contributed by atoms with van der Waals surface area (Å²) < 4.78 is 0. The third kappa shape index (κ3) is 3.69. The Labute approximate surface area is 104 Å². The Morgan fingerprint density at radius 1 is 1.56 bits per heavy atom. The van der Waals surface area contributed by atoms with Crippen molar-refractivity contribution in [1.29, 1.82) is 0 Å². The molecule has 0 amide bonds. The molecule has 1 heterocycles. The molecule has 0 bridgehead atoms. The van der Waals surface area contributed by atoms with Crippen molar-refractivity contribution in [2.24, 2.45) is 5.41 Å². The highest BCUT2D eigenvalue weighted by Crippen LogP contribution is 2.21. The summed E-state index contributed by atoms with van der Waals surface area (Å²) >= 11 is 0. The predicted molar refractivity (Wildman–Crippen MR) is 65.8 cm³/mol. The van der Waals surface area contributed by atoms with Crippen molar-refractivity contribution in [1.82, 2.24) is 4.98 Å². The van der Waals surface area contributed by atoms with E-state index in [1.54, 1.807) is 0 Å². The molecule has 0 spiro atoms. The Bertz CT molecular complexity index is 480. The number of pyridine rings is 1. The maximum Gasteiger partial charge on any atom is 0.342 e. The summed E-state index contributed by atoms with van der Waals surface area (Å²) in [6.07, 6.45) is 0.953. The normalized spacial score (nSPS) is 11.1. The van der Waals surface area contributed by atoms with Crippen LogP contribution in [0, 0.1) is 15.5 Å². The predicted octanol–water partition coefficient (Wildman–Crippen LogP) is 2.15. The van der Waals surface area contributed by atoms with Crippen LogP contribution in [0.1, 0.15) is 31.1 Å². The number of nitrogens with one attached hydrogen (secondary N) is 1. The van der Waals surface area contributed by atoms with Crippen molar-refractivity contribution in [2.75, 3.05) is 11.9 Å². The van der Waals surface area contributed by atoms with Gasteiger partial charge in [-0.2, -0.15) is 0 Å². The highest BCUT2D eigenvalue weighted by molar-refractivity contribution is 5.93. The van der Waals surface area contributed by atoms with Crippen molar-refractivity contribution in [3.8, 4) is 0 Å². The average Bonchev–Trinajstić information content (AvgIpc) is 2.24. The molecule has 0 radical (unpaired) electrons. The molecule has 0 aromatic carbocycles. The fourth-order valence-corrected chi connectivity index (χ4v) is 1.22.